The maximum Gasteiger partial charge on any atom is 0.213 e. The van der Waals surface area contributed by atoms with Gasteiger partial charge in [-0.05, 0) is 57.3 Å². The van der Waals surface area contributed by atoms with Gasteiger partial charge < -0.3 is 15.4 Å². The van der Waals surface area contributed by atoms with Crippen LogP contribution in [0.3, 0.4) is 0 Å². The van der Waals surface area contributed by atoms with Gasteiger partial charge in [0.05, 0.1) is 18.4 Å². The Kier molecular flexibility index (Phi) is 11.6. The average molecular weight is 531 g/mol. The quantitative estimate of drug-likeness (QED) is 0.255. The van der Waals surface area contributed by atoms with Crippen molar-refractivity contribution in [2.45, 2.75) is 77.9 Å². The number of nitrogens with one attached hydrogen (secondary N) is 3. The summed E-state index contributed by atoms with van der Waals surface area (Å²) in [6.07, 6.45) is 7.75. The third-order valence-electron chi connectivity index (χ3n) is 5.46. The van der Waals surface area contributed by atoms with Crippen molar-refractivity contribution < 1.29 is 13.2 Å². The maximum atomic E-state index is 12.2. The molecule has 0 aromatic rings. The van der Waals surface area contributed by atoms with Crippen molar-refractivity contribution >= 4 is 40.0 Å². The van der Waals surface area contributed by atoms with Gasteiger partial charge in [0.2, 0.25) is 10.0 Å². The predicted molar refractivity (Wildman–Crippen MR) is 126 cm³/mol. The summed E-state index contributed by atoms with van der Waals surface area (Å²) in [6, 6.07) is 0.411. The summed E-state index contributed by atoms with van der Waals surface area (Å²) in [7, 11) is -3.33. The van der Waals surface area contributed by atoms with E-state index in [0.29, 0.717) is 24.0 Å². The summed E-state index contributed by atoms with van der Waals surface area (Å²) >= 11 is 0. The lowest BCUT2D eigenvalue weighted by Crippen LogP contribution is -2.46. The highest BCUT2D eigenvalue weighted by Crippen LogP contribution is 2.34. The van der Waals surface area contributed by atoms with Crippen LogP contribution in [0.5, 0.6) is 0 Å². The molecule has 1 aliphatic carbocycles. The molecule has 28 heavy (non-hydrogen) atoms. The van der Waals surface area contributed by atoms with Gasteiger partial charge in [-0.1, -0.05) is 13.8 Å². The number of rotatable bonds is 8. The number of aliphatic imine (C=N–C) groups is 1. The molecule has 0 radical (unpaired) electrons. The zero-order chi connectivity index (χ0) is 19.8. The summed E-state index contributed by atoms with van der Waals surface area (Å²) in [6.45, 7) is 8.75. The van der Waals surface area contributed by atoms with Crippen LogP contribution in [0.15, 0.2) is 4.99 Å². The van der Waals surface area contributed by atoms with Crippen LogP contribution in [0.1, 0.15) is 65.7 Å². The molecule has 1 saturated carbocycles. The lowest BCUT2D eigenvalue weighted by Gasteiger charge is -2.35. The standard InChI is InChI=1S/C19H38N4O3S.HI/c1-4-20-18(23-16-8-10-19(2,3)11-9-16)21-12-14-27(24,25)22-15-17-7-5-6-13-26-17;/h16-17,22H,4-15H2,1-3H3,(H2,20,21,23);1H. The molecule has 1 atom stereocenters. The minimum atomic E-state index is -3.33. The number of nitrogens with zero attached hydrogens (tertiary/aromatic N) is 1. The minimum Gasteiger partial charge on any atom is -0.377 e. The molecule has 1 saturated heterocycles. The van der Waals surface area contributed by atoms with Crippen molar-refractivity contribution in [1.29, 1.82) is 0 Å². The Morgan fingerprint density at radius 3 is 2.50 bits per heavy atom. The van der Waals surface area contributed by atoms with Crippen molar-refractivity contribution in [3.8, 4) is 0 Å². The van der Waals surface area contributed by atoms with Crippen LogP contribution < -0.4 is 15.4 Å². The molecular weight excluding hydrogens is 491 g/mol. The van der Waals surface area contributed by atoms with E-state index in [-0.39, 0.29) is 42.4 Å². The van der Waals surface area contributed by atoms with Gasteiger partial charge in [0.25, 0.3) is 0 Å². The third kappa shape index (κ3) is 10.1. The normalized spacial score (nSPS) is 23.7. The summed E-state index contributed by atoms with van der Waals surface area (Å²) in [5, 5.41) is 6.69. The molecule has 1 aliphatic heterocycles. The minimum absolute atomic E-state index is 0. The van der Waals surface area contributed by atoms with Gasteiger partial charge in [-0.2, -0.15) is 0 Å². The number of guanidine groups is 1. The van der Waals surface area contributed by atoms with Crippen LogP contribution in [0.25, 0.3) is 0 Å². The molecule has 2 fully saturated rings. The Hall–Kier alpha value is -0.130. The Morgan fingerprint density at radius 2 is 1.89 bits per heavy atom. The van der Waals surface area contributed by atoms with E-state index in [4.69, 9.17) is 4.74 Å². The van der Waals surface area contributed by atoms with Crippen LogP contribution in [0, 0.1) is 5.41 Å². The highest BCUT2D eigenvalue weighted by atomic mass is 127. The summed E-state index contributed by atoms with van der Waals surface area (Å²) < 4.78 is 32.6. The van der Waals surface area contributed by atoms with Crippen molar-refractivity contribution in [2.75, 3.05) is 32.0 Å². The number of sulfonamides is 1. The van der Waals surface area contributed by atoms with Gasteiger partial charge in [0, 0.05) is 25.7 Å². The molecule has 0 aromatic heterocycles. The Bertz CT molecular complexity index is 568. The lowest BCUT2D eigenvalue weighted by atomic mass is 9.75. The number of ether oxygens (including phenoxy) is 1. The van der Waals surface area contributed by atoms with E-state index < -0.39 is 10.0 Å². The molecule has 0 amide bonds. The van der Waals surface area contributed by atoms with E-state index in [2.05, 4.69) is 34.2 Å². The van der Waals surface area contributed by atoms with Gasteiger partial charge in [-0.25, -0.2) is 13.1 Å². The Labute approximate surface area is 188 Å². The van der Waals surface area contributed by atoms with Gasteiger partial charge in [0.1, 0.15) is 0 Å². The molecule has 3 N–H and O–H groups in total. The van der Waals surface area contributed by atoms with E-state index in [1.807, 2.05) is 6.92 Å². The number of halogens is 1. The highest BCUT2D eigenvalue weighted by molar-refractivity contribution is 14.0. The summed E-state index contributed by atoms with van der Waals surface area (Å²) in [5.41, 5.74) is 0.426. The molecule has 0 spiro atoms. The number of hydrogen-bond acceptors (Lipinski definition) is 4. The van der Waals surface area contributed by atoms with E-state index >= 15 is 0 Å². The third-order valence-corrected chi connectivity index (χ3v) is 6.79. The molecule has 9 heteroatoms. The Morgan fingerprint density at radius 1 is 1.18 bits per heavy atom. The van der Waals surface area contributed by atoms with Gasteiger partial charge in [-0.15, -0.1) is 24.0 Å². The second-order valence-corrected chi connectivity index (χ2v) is 10.4. The topological polar surface area (TPSA) is 91.8 Å². The first kappa shape index (κ1) is 25.9. The molecule has 166 valence electrons. The summed E-state index contributed by atoms with van der Waals surface area (Å²) in [5.74, 6) is 0.710. The maximum absolute atomic E-state index is 12.2. The summed E-state index contributed by atoms with van der Waals surface area (Å²) in [4.78, 5) is 4.47. The lowest BCUT2D eigenvalue weighted by molar-refractivity contribution is 0.0200. The van der Waals surface area contributed by atoms with E-state index in [1.165, 1.54) is 12.8 Å². The van der Waals surface area contributed by atoms with Crippen LogP contribution in [0.4, 0.5) is 0 Å². The second-order valence-electron chi connectivity index (χ2n) is 8.50. The fourth-order valence-electron chi connectivity index (χ4n) is 3.60. The first-order valence-corrected chi connectivity index (χ1v) is 12.1. The van der Waals surface area contributed by atoms with E-state index in [1.54, 1.807) is 0 Å². The SMILES string of the molecule is CCNC(=NCCS(=O)(=O)NCC1CCCCO1)NC1CCC(C)(C)CC1.I. The highest BCUT2D eigenvalue weighted by Gasteiger charge is 2.27. The van der Waals surface area contributed by atoms with Crippen molar-refractivity contribution in [3.05, 3.63) is 0 Å². The fourth-order valence-corrected chi connectivity index (χ4v) is 4.51. The van der Waals surface area contributed by atoms with Crippen molar-refractivity contribution in [3.63, 3.8) is 0 Å². The number of hydrogen-bond donors (Lipinski definition) is 3. The van der Waals surface area contributed by atoms with Crippen LogP contribution >= 0.6 is 24.0 Å². The first-order valence-electron chi connectivity index (χ1n) is 10.4. The van der Waals surface area contributed by atoms with Gasteiger partial charge in [0.15, 0.2) is 5.96 Å². The van der Waals surface area contributed by atoms with Crippen molar-refractivity contribution in [2.24, 2.45) is 10.4 Å². The molecule has 0 aromatic carbocycles. The van der Waals surface area contributed by atoms with Gasteiger partial charge >= 0.3 is 0 Å². The average Bonchev–Trinajstić information content (AvgIpc) is 2.63. The van der Waals surface area contributed by atoms with Crippen LogP contribution in [-0.4, -0.2) is 58.5 Å². The van der Waals surface area contributed by atoms with Crippen LogP contribution in [0.2, 0.25) is 0 Å². The zero-order valence-electron chi connectivity index (χ0n) is 17.6. The molecule has 7 nitrogen and oxygen atoms in total. The van der Waals surface area contributed by atoms with E-state index in [0.717, 1.165) is 45.3 Å². The largest absolute Gasteiger partial charge is 0.377 e. The molecule has 2 rings (SSSR count). The monoisotopic (exact) mass is 530 g/mol. The van der Waals surface area contributed by atoms with Gasteiger partial charge in [-0.3, -0.25) is 4.99 Å². The predicted octanol–water partition coefficient (Wildman–Crippen LogP) is 2.62. The second kappa shape index (κ2) is 12.5. The smallest absolute Gasteiger partial charge is 0.213 e. The molecular formula is C19H39IN4O3S. The van der Waals surface area contributed by atoms with Crippen molar-refractivity contribution in [1.82, 2.24) is 15.4 Å². The molecule has 2 aliphatic rings. The molecule has 0 bridgehead atoms. The molecule has 1 heterocycles. The Balaban J connectivity index is 0.00000392. The van der Waals surface area contributed by atoms with Crippen LogP contribution in [-0.2, 0) is 14.8 Å². The fraction of sp³-hybridized carbons (Fsp3) is 0.947. The zero-order valence-corrected chi connectivity index (χ0v) is 20.8. The molecule has 1 unspecified atom stereocenters. The van der Waals surface area contributed by atoms with E-state index in [9.17, 15) is 8.42 Å². The first-order chi connectivity index (χ1) is 12.8.